The van der Waals surface area contributed by atoms with E-state index in [1.165, 1.54) is 17.7 Å². The van der Waals surface area contributed by atoms with E-state index in [9.17, 15) is 5.26 Å². The van der Waals surface area contributed by atoms with Crippen LogP contribution in [0.15, 0.2) is 36.7 Å². The molecule has 0 amide bonds. The van der Waals surface area contributed by atoms with Crippen LogP contribution < -0.4 is 10.2 Å². The highest BCUT2D eigenvalue weighted by Crippen LogP contribution is 2.31. The van der Waals surface area contributed by atoms with Gasteiger partial charge in [0.25, 0.3) is 0 Å². The van der Waals surface area contributed by atoms with Crippen molar-refractivity contribution in [1.29, 1.82) is 5.26 Å². The molecule has 35 heavy (non-hydrogen) atoms. The van der Waals surface area contributed by atoms with Crippen molar-refractivity contribution in [3.63, 3.8) is 0 Å². The first kappa shape index (κ1) is 22.4. The molecule has 0 radical (unpaired) electrons. The number of anilines is 1. The van der Waals surface area contributed by atoms with Crippen LogP contribution in [0, 0.1) is 17.2 Å². The molecule has 8 heteroatoms. The zero-order chi connectivity index (χ0) is 23.8. The molecule has 3 aliphatic heterocycles. The minimum atomic E-state index is 0.141. The molecule has 2 saturated heterocycles. The first-order chi connectivity index (χ1) is 17.2. The van der Waals surface area contributed by atoms with Gasteiger partial charge in [0.2, 0.25) is 0 Å². The van der Waals surface area contributed by atoms with Crippen LogP contribution in [0.25, 0.3) is 10.9 Å². The van der Waals surface area contributed by atoms with Crippen molar-refractivity contribution in [2.24, 2.45) is 5.92 Å². The van der Waals surface area contributed by atoms with Crippen LogP contribution in [0.4, 0.5) is 5.69 Å². The van der Waals surface area contributed by atoms with Gasteiger partial charge in [-0.1, -0.05) is 0 Å². The molecule has 6 rings (SSSR count). The number of likely N-dealkylation sites (tertiary alicyclic amines) is 1. The molecule has 0 bridgehead atoms. The van der Waals surface area contributed by atoms with E-state index in [1.807, 2.05) is 18.3 Å². The number of hydrogen-bond donors (Lipinski definition) is 1. The van der Waals surface area contributed by atoms with Gasteiger partial charge in [-0.05, 0) is 50.1 Å². The maximum absolute atomic E-state index is 9.50. The van der Waals surface area contributed by atoms with Gasteiger partial charge < -0.3 is 19.9 Å². The van der Waals surface area contributed by atoms with Crippen molar-refractivity contribution in [1.82, 2.24) is 25.2 Å². The molecule has 3 atom stereocenters. The number of nitrogens with one attached hydrogen (secondary N) is 1. The van der Waals surface area contributed by atoms with Crippen LogP contribution >= 0.6 is 0 Å². The predicted molar refractivity (Wildman–Crippen MR) is 134 cm³/mol. The Morgan fingerprint density at radius 3 is 3.03 bits per heavy atom. The minimum Gasteiger partial charge on any atom is -0.370 e. The molecule has 3 aromatic rings. The lowest BCUT2D eigenvalue weighted by molar-refractivity contribution is -0.0297. The van der Waals surface area contributed by atoms with Gasteiger partial charge in [-0.2, -0.15) is 5.26 Å². The second-order valence-corrected chi connectivity index (χ2v) is 10.1. The monoisotopic (exact) mass is 469 g/mol. The fraction of sp³-hybridized carbons (Fsp3) is 0.481. The molecule has 0 spiro atoms. The van der Waals surface area contributed by atoms with Crippen LogP contribution in [0.2, 0.25) is 0 Å². The van der Waals surface area contributed by atoms with Crippen LogP contribution in [-0.2, 0) is 24.2 Å². The van der Waals surface area contributed by atoms with Crippen molar-refractivity contribution in [2.45, 2.75) is 45.1 Å². The van der Waals surface area contributed by atoms with Gasteiger partial charge in [0.15, 0.2) is 0 Å². The number of pyridine rings is 1. The maximum atomic E-state index is 9.50. The number of fused-ring (bicyclic) bond motifs is 2. The Bertz CT molecular complexity index is 1270. The lowest BCUT2D eigenvalue weighted by Gasteiger charge is -2.40. The van der Waals surface area contributed by atoms with Gasteiger partial charge in [-0.3, -0.25) is 4.98 Å². The van der Waals surface area contributed by atoms with Crippen LogP contribution in [0.5, 0.6) is 0 Å². The Hall–Kier alpha value is -3.12. The Balaban J connectivity index is 1.11. The highest BCUT2D eigenvalue weighted by molar-refractivity contribution is 5.95. The second kappa shape index (κ2) is 9.50. The molecule has 0 aliphatic carbocycles. The summed E-state index contributed by atoms with van der Waals surface area (Å²) < 4.78 is 6.38. The van der Waals surface area contributed by atoms with Crippen molar-refractivity contribution in [3.05, 3.63) is 59.3 Å². The van der Waals surface area contributed by atoms with E-state index in [1.54, 1.807) is 6.20 Å². The molecule has 8 nitrogen and oxygen atoms in total. The number of nitriles is 1. The molecule has 5 heterocycles. The average molecular weight is 470 g/mol. The molecule has 2 aromatic heterocycles. The minimum absolute atomic E-state index is 0.141. The SMILES string of the molecule is C[C@@H]1CN(c2ccc(C#N)c3ncccc23)C[C@H](CN2CCC(Cc3ncc4c(n3)CNC4)C2)O1. The zero-order valence-electron chi connectivity index (χ0n) is 20.2. The van der Waals surface area contributed by atoms with Gasteiger partial charge in [-0.25, -0.2) is 9.97 Å². The summed E-state index contributed by atoms with van der Waals surface area (Å²) in [6.45, 7) is 8.65. The van der Waals surface area contributed by atoms with E-state index in [4.69, 9.17) is 9.72 Å². The Morgan fingerprint density at radius 2 is 2.11 bits per heavy atom. The lowest BCUT2D eigenvalue weighted by Crippen LogP contribution is -2.50. The Kier molecular flexibility index (Phi) is 6.06. The molecule has 1 unspecified atom stereocenters. The van der Waals surface area contributed by atoms with Crippen LogP contribution in [-0.4, -0.2) is 64.8 Å². The van der Waals surface area contributed by atoms with Crippen molar-refractivity contribution < 1.29 is 4.74 Å². The van der Waals surface area contributed by atoms with Crippen molar-refractivity contribution in [2.75, 3.05) is 37.6 Å². The van der Waals surface area contributed by atoms with Crippen molar-refractivity contribution in [3.8, 4) is 6.07 Å². The number of ether oxygens (including phenoxy) is 1. The molecule has 3 aliphatic rings. The molecular weight excluding hydrogens is 438 g/mol. The van der Waals surface area contributed by atoms with E-state index in [0.717, 1.165) is 74.6 Å². The first-order valence-electron chi connectivity index (χ1n) is 12.6. The first-order valence-corrected chi connectivity index (χ1v) is 12.6. The topological polar surface area (TPSA) is 90.2 Å². The quantitative estimate of drug-likeness (QED) is 0.610. The summed E-state index contributed by atoms with van der Waals surface area (Å²) in [6.07, 6.45) is 6.16. The van der Waals surface area contributed by atoms with Crippen LogP contribution in [0.1, 0.15) is 36.0 Å². The molecule has 1 aromatic carbocycles. The highest BCUT2D eigenvalue weighted by atomic mass is 16.5. The van der Waals surface area contributed by atoms with Gasteiger partial charge >= 0.3 is 0 Å². The predicted octanol–water partition coefficient (Wildman–Crippen LogP) is 2.66. The molecule has 2 fully saturated rings. The van der Waals surface area contributed by atoms with E-state index in [-0.39, 0.29) is 12.2 Å². The standard InChI is InChI=1S/C27H31N7O/c1-18-14-34(25-5-4-20(10-28)27-23(25)3-2-7-30-27)17-22(35-18)16-33-8-6-19(15-33)9-26-31-12-21-11-29-13-24(21)32-26/h2-5,7,12,18-19,22,29H,6,8-9,11,13-17H2,1H3/t18-,19?,22+/m1/s1. The summed E-state index contributed by atoms with van der Waals surface area (Å²) in [4.78, 5) is 18.9. The number of nitrogens with zero attached hydrogens (tertiary/aromatic N) is 6. The number of hydrogen-bond acceptors (Lipinski definition) is 8. The summed E-state index contributed by atoms with van der Waals surface area (Å²) in [5.41, 5.74) is 4.93. The normalized spacial score (nSPS) is 24.6. The number of benzene rings is 1. The van der Waals surface area contributed by atoms with E-state index >= 15 is 0 Å². The second-order valence-electron chi connectivity index (χ2n) is 10.1. The summed E-state index contributed by atoms with van der Waals surface area (Å²) >= 11 is 0. The van der Waals surface area contributed by atoms with E-state index in [2.05, 4.69) is 50.2 Å². The van der Waals surface area contributed by atoms with Gasteiger partial charge in [0.05, 0.1) is 29.0 Å². The number of aromatic nitrogens is 3. The Morgan fingerprint density at radius 1 is 1.17 bits per heavy atom. The number of rotatable bonds is 5. The number of morpholine rings is 1. The largest absolute Gasteiger partial charge is 0.370 e. The van der Waals surface area contributed by atoms with E-state index < -0.39 is 0 Å². The third-order valence-electron chi connectivity index (χ3n) is 7.45. The summed E-state index contributed by atoms with van der Waals surface area (Å²) in [7, 11) is 0. The van der Waals surface area contributed by atoms with Crippen molar-refractivity contribution >= 4 is 16.6 Å². The summed E-state index contributed by atoms with van der Waals surface area (Å²) in [5, 5.41) is 13.9. The summed E-state index contributed by atoms with van der Waals surface area (Å²) in [5.74, 6) is 1.57. The molecule has 1 N–H and O–H groups in total. The van der Waals surface area contributed by atoms with Gasteiger partial charge in [0.1, 0.15) is 11.9 Å². The fourth-order valence-electron chi connectivity index (χ4n) is 5.86. The molecule has 180 valence electrons. The molecular formula is C27H31N7O. The fourth-order valence-corrected chi connectivity index (χ4v) is 5.86. The van der Waals surface area contributed by atoms with Gasteiger partial charge in [0, 0.05) is 74.7 Å². The zero-order valence-corrected chi connectivity index (χ0v) is 20.2. The summed E-state index contributed by atoms with van der Waals surface area (Å²) in [6, 6.07) is 10.2. The van der Waals surface area contributed by atoms with Crippen LogP contribution in [0.3, 0.4) is 0 Å². The van der Waals surface area contributed by atoms with E-state index in [0.29, 0.717) is 11.5 Å². The maximum Gasteiger partial charge on any atom is 0.128 e. The highest BCUT2D eigenvalue weighted by Gasteiger charge is 2.31. The average Bonchev–Trinajstić information content (AvgIpc) is 3.52. The third-order valence-corrected chi connectivity index (χ3v) is 7.45. The third kappa shape index (κ3) is 4.59. The van der Waals surface area contributed by atoms with Gasteiger partial charge in [-0.15, -0.1) is 0 Å². The molecule has 0 saturated carbocycles. The lowest BCUT2D eigenvalue weighted by atomic mass is 10.0. The smallest absolute Gasteiger partial charge is 0.128 e. The Labute approximate surface area is 205 Å².